The number of H-pyrrole nitrogens is 1. The third-order valence-corrected chi connectivity index (χ3v) is 3.07. The fourth-order valence-corrected chi connectivity index (χ4v) is 2.05. The SMILES string of the molecule is CSCCNC(C)c1c(C)nc(C)[nH]c1=O. The molecule has 0 bridgehead atoms. The lowest BCUT2D eigenvalue weighted by atomic mass is 10.1. The van der Waals surface area contributed by atoms with E-state index < -0.39 is 0 Å². The highest BCUT2D eigenvalue weighted by Crippen LogP contribution is 2.10. The molecule has 90 valence electrons. The van der Waals surface area contributed by atoms with Gasteiger partial charge in [0.25, 0.3) is 5.56 Å². The highest BCUT2D eigenvalue weighted by Gasteiger charge is 2.13. The lowest BCUT2D eigenvalue weighted by molar-refractivity contribution is 0.587. The van der Waals surface area contributed by atoms with Crippen molar-refractivity contribution in [3.63, 3.8) is 0 Å². The summed E-state index contributed by atoms with van der Waals surface area (Å²) in [5, 5.41) is 3.32. The third kappa shape index (κ3) is 3.35. The van der Waals surface area contributed by atoms with Crippen LogP contribution in [0.5, 0.6) is 0 Å². The fraction of sp³-hybridized carbons (Fsp3) is 0.636. The molecule has 0 amide bonds. The van der Waals surface area contributed by atoms with Crippen molar-refractivity contribution in [1.82, 2.24) is 15.3 Å². The number of aromatic amines is 1. The minimum absolute atomic E-state index is 0.0332. The molecule has 0 aliphatic carbocycles. The van der Waals surface area contributed by atoms with E-state index in [1.165, 1.54) is 0 Å². The van der Waals surface area contributed by atoms with E-state index in [-0.39, 0.29) is 11.6 Å². The summed E-state index contributed by atoms with van der Waals surface area (Å²) >= 11 is 1.79. The van der Waals surface area contributed by atoms with Crippen LogP contribution in [0.3, 0.4) is 0 Å². The van der Waals surface area contributed by atoms with E-state index in [0.717, 1.165) is 23.6 Å². The van der Waals surface area contributed by atoms with E-state index in [0.29, 0.717) is 5.82 Å². The summed E-state index contributed by atoms with van der Waals surface area (Å²) in [4.78, 5) is 18.8. The predicted octanol–water partition coefficient (Wildman–Crippen LogP) is 1.40. The van der Waals surface area contributed by atoms with E-state index in [2.05, 4.69) is 21.5 Å². The van der Waals surface area contributed by atoms with Gasteiger partial charge in [-0.1, -0.05) is 0 Å². The van der Waals surface area contributed by atoms with Gasteiger partial charge in [-0.3, -0.25) is 4.79 Å². The molecular formula is C11H19N3OS. The number of hydrogen-bond donors (Lipinski definition) is 2. The first-order chi connectivity index (χ1) is 7.56. The monoisotopic (exact) mass is 241 g/mol. The van der Waals surface area contributed by atoms with E-state index >= 15 is 0 Å². The Bertz CT molecular complexity index is 403. The van der Waals surface area contributed by atoms with E-state index in [9.17, 15) is 4.79 Å². The predicted molar refractivity (Wildman–Crippen MR) is 69.1 cm³/mol. The summed E-state index contributed by atoms with van der Waals surface area (Å²) in [6.07, 6.45) is 2.07. The topological polar surface area (TPSA) is 57.8 Å². The molecule has 0 aliphatic heterocycles. The maximum atomic E-state index is 11.8. The summed E-state index contributed by atoms with van der Waals surface area (Å²) in [6.45, 7) is 6.57. The molecule has 0 aliphatic rings. The number of nitrogens with zero attached hydrogens (tertiary/aromatic N) is 1. The van der Waals surface area contributed by atoms with Crippen LogP contribution >= 0.6 is 11.8 Å². The van der Waals surface area contributed by atoms with Crippen LogP contribution in [0.1, 0.15) is 30.0 Å². The molecule has 1 heterocycles. The molecular weight excluding hydrogens is 222 g/mol. The summed E-state index contributed by atoms with van der Waals surface area (Å²) < 4.78 is 0. The molecule has 0 spiro atoms. The Balaban J connectivity index is 2.83. The van der Waals surface area contributed by atoms with Crippen LogP contribution in [-0.4, -0.2) is 28.5 Å². The molecule has 2 N–H and O–H groups in total. The van der Waals surface area contributed by atoms with Gasteiger partial charge in [0, 0.05) is 24.0 Å². The average Bonchev–Trinajstić information content (AvgIpc) is 2.16. The largest absolute Gasteiger partial charge is 0.310 e. The first kappa shape index (κ1) is 13.3. The van der Waals surface area contributed by atoms with Crippen molar-refractivity contribution >= 4 is 11.8 Å². The second-order valence-electron chi connectivity index (χ2n) is 3.82. The lowest BCUT2D eigenvalue weighted by Crippen LogP contribution is -2.29. The molecule has 1 rings (SSSR count). The molecule has 1 aromatic rings. The zero-order valence-electron chi connectivity index (χ0n) is 10.3. The minimum Gasteiger partial charge on any atom is -0.310 e. The second-order valence-corrected chi connectivity index (χ2v) is 4.80. The Kier molecular flexibility index (Phi) is 5.02. The van der Waals surface area contributed by atoms with Gasteiger partial charge in [0.05, 0.1) is 5.56 Å². The van der Waals surface area contributed by atoms with Crippen LogP contribution in [0.25, 0.3) is 0 Å². The first-order valence-corrected chi connectivity index (χ1v) is 6.75. The Labute approximate surface area is 100 Å². The Morgan fingerprint density at radius 1 is 1.50 bits per heavy atom. The van der Waals surface area contributed by atoms with Crippen molar-refractivity contribution in [2.24, 2.45) is 0 Å². The molecule has 0 fully saturated rings. The van der Waals surface area contributed by atoms with Gasteiger partial charge in [0.15, 0.2) is 0 Å². The number of hydrogen-bond acceptors (Lipinski definition) is 4. The van der Waals surface area contributed by atoms with E-state index in [1.54, 1.807) is 18.7 Å². The number of rotatable bonds is 5. The smallest absolute Gasteiger partial charge is 0.255 e. The van der Waals surface area contributed by atoms with E-state index in [4.69, 9.17) is 0 Å². The van der Waals surface area contributed by atoms with Crippen molar-refractivity contribution in [3.8, 4) is 0 Å². The maximum Gasteiger partial charge on any atom is 0.255 e. The molecule has 4 nitrogen and oxygen atoms in total. The van der Waals surface area contributed by atoms with Gasteiger partial charge in [0.2, 0.25) is 0 Å². The van der Waals surface area contributed by atoms with Crippen molar-refractivity contribution in [3.05, 3.63) is 27.4 Å². The highest BCUT2D eigenvalue weighted by atomic mass is 32.2. The fourth-order valence-electron chi connectivity index (χ4n) is 1.73. The normalized spacial score (nSPS) is 12.8. The van der Waals surface area contributed by atoms with Gasteiger partial charge >= 0.3 is 0 Å². The van der Waals surface area contributed by atoms with Gasteiger partial charge in [-0.05, 0) is 27.0 Å². The van der Waals surface area contributed by atoms with Crippen LogP contribution in [0.2, 0.25) is 0 Å². The van der Waals surface area contributed by atoms with Crippen molar-refractivity contribution < 1.29 is 0 Å². The Morgan fingerprint density at radius 2 is 2.19 bits per heavy atom. The standard InChI is InChI=1S/C11H19N3OS/c1-7(12-5-6-16-4)10-8(2)13-9(3)14-11(10)15/h7,12H,5-6H2,1-4H3,(H,13,14,15). The van der Waals surface area contributed by atoms with Crippen LogP contribution in [0.15, 0.2) is 4.79 Å². The van der Waals surface area contributed by atoms with Crippen LogP contribution < -0.4 is 10.9 Å². The van der Waals surface area contributed by atoms with Gasteiger partial charge in [-0.25, -0.2) is 4.98 Å². The Morgan fingerprint density at radius 3 is 2.75 bits per heavy atom. The van der Waals surface area contributed by atoms with E-state index in [1.807, 2.05) is 13.8 Å². The lowest BCUT2D eigenvalue weighted by Gasteiger charge is -2.14. The summed E-state index contributed by atoms with van der Waals surface area (Å²) in [6, 6.07) is 0.0454. The minimum atomic E-state index is -0.0332. The summed E-state index contributed by atoms with van der Waals surface area (Å²) in [7, 11) is 0. The summed E-state index contributed by atoms with van der Waals surface area (Å²) in [5.41, 5.74) is 1.52. The van der Waals surface area contributed by atoms with Gasteiger partial charge in [-0.2, -0.15) is 11.8 Å². The molecule has 16 heavy (non-hydrogen) atoms. The molecule has 0 radical (unpaired) electrons. The molecule has 1 atom stereocenters. The molecule has 1 unspecified atom stereocenters. The van der Waals surface area contributed by atoms with Crippen molar-refractivity contribution in [2.45, 2.75) is 26.8 Å². The quantitative estimate of drug-likeness (QED) is 0.765. The molecule has 0 saturated heterocycles. The zero-order valence-corrected chi connectivity index (χ0v) is 11.1. The molecule has 0 aromatic carbocycles. The van der Waals surface area contributed by atoms with Crippen LogP contribution in [0, 0.1) is 13.8 Å². The number of thioether (sulfide) groups is 1. The van der Waals surface area contributed by atoms with Gasteiger partial charge in [0.1, 0.15) is 5.82 Å². The van der Waals surface area contributed by atoms with Crippen LogP contribution in [0.4, 0.5) is 0 Å². The number of aryl methyl sites for hydroxylation is 2. The van der Waals surface area contributed by atoms with Crippen LogP contribution in [-0.2, 0) is 0 Å². The number of nitrogens with one attached hydrogen (secondary N) is 2. The summed E-state index contributed by atoms with van der Waals surface area (Å²) in [5.74, 6) is 1.71. The maximum absolute atomic E-state index is 11.8. The molecule has 0 saturated carbocycles. The number of aromatic nitrogens is 2. The van der Waals surface area contributed by atoms with Crippen molar-refractivity contribution in [2.75, 3.05) is 18.6 Å². The second kappa shape index (κ2) is 6.06. The highest BCUT2D eigenvalue weighted by molar-refractivity contribution is 7.98. The average molecular weight is 241 g/mol. The molecule has 1 aromatic heterocycles. The zero-order chi connectivity index (χ0) is 12.1. The Hall–Kier alpha value is -0.810. The third-order valence-electron chi connectivity index (χ3n) is 2.45. The van der Waals surface area contributed by atoms with Gasteiger partial charge < -0.3 is 10.3 Å². The molecule has 5 heteroatoms. The van der Waals surface area contributed by atoms with Crippen molar-refractivity contribution in [1.29, 1.82) is 0 Å². The first-order valence-electron chi connectivity index (χ1n) is 5.36. The van der Waals surface area contributed by atoms with Gasteiger partial charge in [-0.15, -0.1) is 0 Å².